The molecule has 0 heterocycles. The largest absolute Gasteiger partial charge is 0.481 e. The Balaban J connectivity index is 1.58. The molecule has 0 aliphatic rings. The number of hydrogen-bond donors (Lipinski definition) is 2. The predicted molar refractivity (Wildman–Crippen MR) is 209 cm³/mol. The third kappa shape index (κ3) is 16.0. The van der Waals surface area contributed by atoms with Crippen LogP contribution in [0.2, 0.25) is 0 Å². The zero-order valence-corrected chi connectivity index (χ0v) is 30.8. The molecule has 0 fully saturated rings. The molecular formula is C45H58O6. The number of rotatable bonds is 25. The minimum Gasteiger partial charge on any atom is -0.481 e. The Labute approximate surface area is 305 Å². The van der Waals surface area contributed by atoms with Gasteiger partial charge in [-0.15, -0.1) is 0 Å². The maximum absolute atomic E-state index is 13.0. The molecule has 2 N–H and O–H groups in total. The maximum Gasteiger partial charge on any atom is 0.328 e. The van der Waals surface area contributed by atoms with Crippen LogP contribution >= 0.6 is 0 Å². The van der Waals surface area contributed by atoms with Crippen molar-refractivity contribution in [2.24, 2.45) is 5.92 Å². The van der Waals surface area contributed by atoms with Crippen LogP contribution in [0.25, 0.3) is 17.2 Å². The second kappa shape index (κ2) is 23.9. The van der Waals surface area contributed by atoms with Gasteiger partial charge in [-0.05, 0) is 70.4 Å². The van der Waals surface area contributed by atoms with Crippen molar-refractivity contribution in [1.82, 2.24) is 0 Å². The van der Waals surface area contributed by atoms with E-state index in [9.17, 15) is 19.5 Å². The lowest BCUT2D eigenvalue weighted by atomic mass is 9.88. The summed E-state index contributed by atoms with van der Waals surface area (Å²) < 4.78 is 5.72. The summed E-state index contributed by atoms with van der Waals surface area (Å²) in [4.78, 5) is 35.5. The molecule has 6 nitrogen and oxygen atoms in total. The van der Waals surface area contributed by atoms with Gasteiger partial charge in [0.2, 0.25) is 0 Å². The molecule has 274 valence electrons. The summed E-state index contributed by atoms with van der Waals surface area (Å²) in [5, 5.41) is 18.5. The van der Waals surface area contributed by atoms with E-state index in [1.165, 1.54) is 64.2 Å². The molecule has 0 bridgehead atoms. The lowest BCUT2D eigenvalue weighted by molar-refractivity contribution is -0.139. The van der Waals surface area contributed by atoms with Crippen molar-refractivity contribution < 1.29 is 29.3 Å². The molecule has 0 aliphatic heterocycles. The summed E-state index contributed by atoms with van der Waals surface area (Å²) >= 11 is 0. The number of carbonyl (C=O) groups is 3. The molecular weight excluding hydrogens is 636 g/mol. The molecule has 1 atom stereocenters. The topological polar surface area (TPSA) is 101 Å². The Morgan fingerprint density at radius 3 is 1.67 bits per heavy atom. The van der Waals surface area contributed by atoms with Gasteiger partial charge in [-0.2, -0.15) is 0 Å². The van der Waals surface area contributed by atoms with Crippen molar-refractivity contribution in [3.63, 3.8) is 0 Å². The number of unbranched alkanes of at least 4 members (excludes halogenated alkanes) is 12. The van der Waals surface area contributed by atoms with Crippen LogP contribution in [0, 0.1) is 5.92 Å². The zero-order valence-electron chi connectivity index (χ0n) is 30.8. The average Bonchev–Trinajstić information content (AvgIpc) is 3.12. The third-order valence-electron chi connectivity index (χ3n) is 9.40. The van der Waals surface area contributed by atoms with Crippen molar-refractivity contribution in [2.45, 2.75) is 123 Å². The van der Waals surface area contributed by atoms with Gasteiger partial charge in [0.1, 0.15) is 5.75 Å². The van der Waals surface area contributed by atoms with Gasteiger partial charge in [0.05, 0.1) is 0 Å². The summed E-state index contributed by atoms with van der Waals surface area (Å²) in [6.07, 6.45) is 20.5. The highest BCUT2D eigenvalue weighted by molar-refractivity contribution is 5.98. The summed E-state index contributed by atoms with van der Waals surface area (Å²) in [5.74, 6) is -2.12. The van der Waals surface area contributed by atoms with Crippen LogP contribution < -0.4 is 4.74 Å². The highest BCUT2D eigenvalue weighted by atomic mass is 16.5. The Hall–Kier alpha value is -4.45. The van der Waals surface area contributed by atoms with E-state index in [0.717, 1.165) is 65.2 Å². The quantitative estimate of drug-likeness (QED) is 0.0301. The summed E-state index contributed by atoms with van der Waals surface area (Å²) in [5.41, 5.74) is 6.02. The lowest BCUT2D eigenvalue weighted by Gasteiger charge is -2.17. The van der Waals surface area contributed by atoms with Crippen LogP contribution in [0.1, 0.15) is 145 Å². The van der Waals surface area contributed by atoms with Crippen LogP contribution in [0.4, 0.5) is 0 Å². The summed E-state index contributed by atoms with van der Waals surface area (Å²) in [7, 11) is 0. The Bertz CT molecular complexity index is 1520. The van der Waals surface area contributed by atoms with Gasteiger partial charge in [0.15, 0.2) is 0 Å². The summed E-state index contributed by atoms with van der Waals surface area (Å²) in [6, 6.07) is 25.4. The van der Waals surface area contributed by atoms with Gasteiger partial charge in [0, 0.05) is 18.9 Å². The molecule has 3 rings (SSSR count). The maximum atomic E-state index is 13.0. The van der Waals surface area contributed by atoms with Crippen LogP contribution in [0.3, 0.4) is 0 Å². The minimum atomic E-state index is -0.995. The van der Waals surface area contributed by atoms with E-state index in [-0.39, 0.29) is 18.8 Å². The van der Waals surface area contributed by atoms with Crippen molar-refractivity contribution >= 4 is 35.1 Å². The number of esters is 1. The molecule has 0 spiro atoms. The number of hydrogen-bond acceptors (Lipinski definition) is 4. The molecule has 3 aromatic carbocycles. The normalized spacial score (nSPS) is 12.4. The smallest absolute Gasteiger partial charge is 0.328 e. The Kier molecular flexibility index (Phi) is 19.2. The average molecular weight is 695 g/mol. The van der Waals surface area contributed by atoms with E-state index < -0.39 is 17.9 Å². The van der Waals surface area contributed by atoms with Gasteiger partial charge in [0.25, 0.3) is 0 Å². The first-order valence-corrected chi connectivity index (χ1v) is 19.1. The van der Waals surface area contributed by atoms with Gasteiger partial charge >= 0.3 is 17.9 Å². The van der Waals surface area contributed by atoms with Crippen molar-refractivity contribution in [3.05, 3.63) is 107 Å². The molecule has 6 heteroatoms. The molecule has 3 aromatic rings. The number of carbonyl (C=O) groups excluding carboxylic acids is 1. The SMILES string of the molecule is CCCCCCCCCCCCCCCC(CC(=O)O)CC(=O)Oc1ccc(C(=C(CC)c2ccccc2)c2ccc(C=CC(=O)O)cc2)cc1. The Morgan fingerprint density at radius 2 is 1.16 bits per heavy atom. The monoisotopic (exact) mass is 694 g/mol. The number of aliphatic carboxylic acids is 2. The number of benzene rings is 3. The first kappa shape index (κ1) is 41.0. The number of carboxylic acid groups (broad SMARTS) is 2. The van der Waals surface area contributed by atoms with E-state index in [1.807, 2.05) is 54.6 Å². The van der Waals surface area contributed by atoms with E-state index in [1.54, 1.807) is 18.2 Å². The first-order valence-electron chi connectivity index (χ1n) is 19.1. The van der Waals surface area contributed by atoms with Crippen LogP contribution in [0.15, 0.2) is 84.9 Å². The van der Waals surface area contributed by atoms with E-state index in [2.05, 4.69) is 26.0 Å². The van der Waals surface area contributed by atoms with E-state index in [0.29, 0.717) is 12.2 Å². The van der Waals surface area contributed by atoms with Crippen molar-refractivity contribution in [3.8, 4) is 5.75 Å². The fourth-order valence-electron chi connectivity index (χ4n) is 6.68. The Morgan fingerprint density at radius 1 is 0.627 bits per heavy atom. The number of allylic oxidation sites excluding steroid dienone is 1. The van der Waals surface area contributed by atoms with Crippen LogP contribution in [-0.4, -0.2) is 28.1 Å². The zero-order chi connectivity index (χ0) is 36.7. The lowest BCUT2D eigenvalue weighted by Crippen LogP contribution is -2.17. The molecule has 0 aromatic heterocycles. The molecule has 1 unspecified atom stereocenters. The van der Waals surface area contributed by atoms with Gasteiger partial charge in [-0.25, -0.2) is 4.79 Å². The molecule has 0 saturated carbocycles. The van der Waals surface area contributed by atoms with Crippen LogP contribution in [0.5, 0.6) is 5.75 Å². The van der Waals surface area contributed by atoms with Gasteiger partial charge < -0.3 is 14.9 Å². The fourth-order valence-corrected chi connectivity index (χ4v) is 6.68. The standard InChI is InChI=1S/C45H58O6/c1-3-5-6-7-8-9-10-11-12-13-14-15-17-20-36(33-43(48)49)34-44(50)51-40-30-28-39(29-31-40)45(41(4-2)37-21-18-16-19-22-37)38-26-23-35(24-27-38)25-32-42(46)47/h16,18-19,21-32,36H,3-15,17,20,33-34H2,1-2H3,(H,46,47)(H,48,49). The van der Waals surface area contributed by atoms with Gasteiger partial charge in [-0.3, -0.25) is 9.59 Å². The summed E-state index contributed by atoms with van der Waals surface area (Å²) in [6.45, 7) is 4.37. The second-order valence-corrected chi connectivity index (χ2v) is 13.6. The van der Waals surface area contributed by atoms with Crippen molar-refractivity contribution in [1.29, 1.82) is 0 Å². The van der Waals surface area contributed by atoms with E-state index in [4.69, 9.17) is 9.84 Å². The van der Waals surface area contributed by atoms with E-state index >= 15 is 0 Å². The van der Waals surface area contributed by atoms with Gasteiger partial charge in [-0.1, -0.05) is 164 Å². The highest BCUT2D eigenvalue weighted by Crippen LogP contribution is 2.35. The van der Waals surface area contributed by atoms with Crippen LogP contribution in [-0.2, 0) is 14.4 Å². The predicted octanol–water partition coefficient (Wildman–Crippen LogP) is 12.0. The highest BCUT2D eigenvalue weighted by Gasteiger charge is 2.19. The number of ether oxygens (including phenoxy) is 1. The van der Waals surface area contributed by atoms with Crippen molar-refractivity contribution in [2.75, 3.05) is 0 Å². The fraction of sp³-hybridized carbons (Fsp3) is 0.444. The molecule has 0 aliphatic carbocycles. The second-order valence-electron chi connectivity index (χ2n) is 13.6. The minimum absolute atomic E-state index is 0.0371. The molecule has 0 saturated heterocycles. The first-order chi connectivity index (χ1) is 24.8. The molecule has 0 radical (unpaired) electrons. The number of carboxylic acids is 2. The third-order valence-corrected chi connectivity index (χ3v) is 9.40. The molecule has 0 amide bonds. The molecule has 51 heavy (non-hydrogen) atoms.